The topological polar surface area (TPSA) is 121 Å². The van der Waals surface area contributed by atoms with Crippen LogP contribution in [0.15, 0.2) is 12.5 Å². The third-order valence-corrected chi connectivity index (χ3v) is 2.89. The molecule has 1 amide bonds. The molecule has 106 valence electrons. The zero-order valence-electron chi connectivity index (χ0n) is 11.1. The summed E-state index contributed by atoms with van der Waals surface area (Å²) in [4.78, 5) is 29.4. The standard InChI is InChI=1S/C12H20N4O3/c1-7(2)9(13)4-11(17)16-10(12(18)19)3-8-5-14-6-15-8/h5-7,9-10H,3-4,13H2,1-2H3,(H,14,15)(H,16,17)(H,18,19)/t9?,10-/m0/s1. The van der Waals surface area contributed by atoms with Gasteiger partial charge in [-0.15, -0.1) is 0 Å². The Labute approximate surface area is 111 Å². The van der Waals surface area contributed by atoms with Crippen LogP contribution in [0.1, 0.15) is 26.0 Å². The fraction of sp³-hybridized carbons (Fsp3) is 0.583. The first kappa shape index (κ1) is 15.2. The molecule has 1 unspecified atom stereocenters. The Balaban J connectivity index is 2.54. The van der Waals surface area contributed by atoms with Gasteiger partial charge in [0.15, 0.2) is 0 Å². The van der Waals surface area contributed by atoms with E-state index in [1.807, 2.05) is 13.8 Å². The molecule has 0 aliphatic heterocycles. The number of nitrogens with zero attached hydrogens (tertiary/aromatic N) is 1. The number of aromatic amines is 1. The lowest BCUT2D eigenvalue weighted by Crippen LogP contribution is -2.44. The number of carbonyl (C=O) groups is 2. The van der Waals surface area contributed by atoms with Crippen LogP contribution >= 0.6 is 0 Å². The molecule has 7 heteroatoms. The van der Waals surface area contributed by atoms with Crippen molar-refractivity contribution in [2.45, 2.75) is 38.8 Å². The maximum Gasteiger partial charge on any atom is 0.326 e. The Morgan fingerprint density at radius 2 is 2.21 bits per heavy atom. The van der Waals surface area contributed by atoms with Gasteiger partial charge in [0.25, 0.3) is 0 Å². The maximum atomic E-state index is 11.7. The number of carboxylic acids is 1. The zero-order valence-corrected chi connectivity index (χ0v) is 11.1. The number of imidazole rings is 1. The fourth-order valence-corrected chi connectivity index (χ4v) is 1.52. The van der Waals surface area contributed by atoms with Crippen LogP contribution in [0.4, 0.5) is 0 Å². The highest BCUT2D eigenvalue weighted by atomic mass is 16.4. The number of amides is 1. The second-order valence-corrected chi connectivity index (χ2v) is 4.85. The van der Waals surface area contributed by atoms with Crippen molar-refractivity contribution in [2.75, 3.05) is 0 Å². The molecule has 5 N–H and O–H groups in total. The minimum atomic E-state index is -1.08. The molecule has 1 aromatic heterocycles. The van der Waals surface area contributed by atoms with Gasteiger partial charge < -0.3 is 21.1 Å². The normalized spacial score (nSPS) is 14.1. The summed E-state index contributed by atoms with van der Waals surface area (Å²) in [5.41, 5.74) is 6.43. The zero-order chi connectivity index (χ0) is 14.4. The summed E-state index contributed by atoms with van der Waals surface area (Å²) in [5, 5.41) is 11.6. The van der Waals surface area contributed by atoms with Gasteiger partial charge in [0.1, 0.15) is 6.04 Å². The Morgan fingerprint density at radius 3 is 2.68 bits per heavy atom. The van der Waals surface area contributed by atoms with Gasteiger partial charge in [-0.2, -0.15) is 0 Å². The lowest BCUT2D eigenvalue weighted by Gasteiger charge is -2.18. The number of nitrogens with one attached hydrogen (secondary N) is 2. The monoisotopic (exact) mass is 268 g/mol. The van der Waals surface area contributed by atoms with Crippen LogP contribution in [-0.2, 0) is 16.0 Å². The largest absolute Gasteiger partial charge is 0.480 e. The van der Waals surface area contributed by atoms with Crippen molar-refractivity contribution in [2.24, 2.45) is 11.7 Å². The van der Waals surface area contributed by atoms with E-state index in [4.69, 9.17) is 10.8 Å². The number of aliphatic carboxylic acids is 1. The minimum absolute atomic E-state index is 0.115. The van der Waals surface area contributed by atoms with Crippen LogP contribution in [0.2, 0.25) is 0 Å². The summed E-state index contributed by atoms with van der Waals surface area (Å²) in [6.07, 6.45) is 3.27. The number of aromatic nitrogens is 2. The Morgan fingerprint density at radius 1 is 1.53 bits per heavy atom. The summed E-state index contributed by atoms with van der Waals surface area (Å²) in [5.74, 6) is -1.27. The van der Waals surface area contributed by atoms with Gasteiger partial charge in [-0.05, 0) is 5.92 Å². The van der Waals surface area contributed by atoms with Crippen molar-refractivity contribution in [1.29, 1.82) is 0 Å². The molecule has 0 fully saturated rings. The van der Waals surface area contributed by atoms with Crippen molar-refractivity contribution in [3.63, 3.8) is 0 Å². The summed E-state index contributed by atoms with van der Waals surface area (Å²) in [6.45, 7) is 3.83. The first-order valence-electron chi connectivity index (χ1n) is 6.15. The van der Waals surface area contributed by atoms with E-state index in [-0.39, 0.29) is 30.7 Å². The Kier molecular flexibility index (Phi) is 5.50. The molecule has 19 heavy (non-hydrogen) atoms. The fourth-order valence-electron chi connectivity index (χ4n) is 1.52. The predicted molar refractivity (Wildman–Crippen MR) is 69.3 cm³/mol. The van der Waals surface area contributed by atoms with Gasteiger partial charge in [0, 0.05) is 30.8 Å². The molecule has 0 spiro atoms. The second-order valence-electron chi connectivity index (χ2n) is 4.85. The molecule has 1 aromatic rings. The van der Waals surface area contributed by atoms with Gasteiger partial charge in [0.05, 0.1) is 6.33 Å². The smallest absolute Gasteiger partial charge is 0.326 e. The second kappa shape index (κ2) is 6.89. The molecule has 0 bridgehead atoms. The van der Waals surface area contributed by atoms with Crippen LogP contribution in [0.3, 0.4) is 0 Å². The van der Waals surface area contributed by atoms with Crippen molar-refractivity contribution in [3.8, 4) is 0 Å². The van der Waals surface area contributed by atoms with Crippen molar-refractivity contribution in [3.05, 3.63) is 18.2 Å². The summed E-state index contributed by atoms with van der Waals surface area (Å²) < 4.78 is 0. The molecule has 1 rings (SSSR count). The molecule has 0 aliphatic carbocycles. The van der Waals surface area contributed by atoms with Crippen LogP contribution in [-0.4, -0.2) is 39.0 Å². The van der Waals surface area contributed by atoms with Crippen molar-refractivity contribution >= 4 is 11.9 Å². The number of carbonyl (C=O) groups excluding carboxylic acids is 1. The SMILES string of the molecule is CC(C)C(N)CC(=O)N[C@@H](Cc1cnc[nH]1)C(=O)O. The number of H-pyrrole nitrogens is 1. The van der Waals surface area contributed by atoms with Crippen molar-refractivity contribution < 1.29 is 14.7 Å². The molecule has 0 aromatic carbocycles. The number of hydrogen-bond donors (Lipinski definition) is 4. The molecule has 0 radical (unpaired) electrons. The quantitative estimate of drug-likeness (QED) is 0.550. The molecule has 1 heterocycles. The van der Waals surface area contributed by atoms with E-state index >= 15 is 0 Å². The highest BCUT2D eigenvalue weighted by Crippen LogP contribution is 2.04. The Hall–Kier alpha value is -1.89. The number of nitrogens with two attached hydrogens (primary N) is 1. The van der Waals surface area contributed by atoms with E-state index in [0.29, 0.717) is 5.69 Å². The first-order chi connectivity index (χ1) is 8.90. The van der Waals surface area contributed by atoms with Gasteiger partial charge in [-0.3, -0.25) is 4.79 Å². The summed E-state index contributed by atoms with van der Waals surface area (Å²) in [6, 6.07) is -1.26. The van der Waals surface area contributed by atoms with E-state index in [0.717, 1.165) is 0 Å². The lowest BCUT2D eigenvalue weighted by atomic mass is 10.0. The van der Waals surface area contributed by atoms with Crippen LogP contribution in [0.25, 0.3) is 0 Å². The molecule has 0 saturated carbocycles. The van der Waals surface area contributed by atoms with Crippen LogP contribution in [0.5, 0.6) is 0 Å². The summed E-state index contributed by atoms with van der Waals surface area (Å²) >= 11 is 0. The van der Waals surface area contributed by atoms with Crippen molar-refractivity contribution in [1.82, 2.24) is 15.3 Å². The third-order valence-electron chi connectivity index (χ3n) is 2.89. The highest BCUT2D eigenvalue weighted by Gasteiger charge is 2.22. The van der Waals surface area contributed by atoms with Gasteiger partial charge in [-0.25, -0.2) is 9.78 Å². The predicted octanol–water partition coefficient (Wildman–Crippen LogP) is -0.105. The lowest BCUT2D eigenvalue weighted by molar-refractivity contribution is -0.141. The van der Waals surface area contributed by atoms with Crippen LogP contribution in [0, 0.1) is 5.92 Å². The average molecular weight is 268 g/mol. The van der Waals surface area contributed by atoms with E-state index in [1.165, 1.54) is 12.5 Å². The maximum absolute atomic E-state index is 11.7. The van der Waals surface area contributed by atoms with Gasteiger partial charge >= 0.3 is 5.97 Å². The van der Waals surface area contributed by atoms with E-state index in [1.54, 1.807) is 0 Å². The number of carboxylic acid groups (broad SMARTS) is 1. The van der Waals surface area contributed by atoms with Gasteiger partial charge in [0.2, 0.25) is 5.91 Å². The number of hydrogen-bond acceptors (Lipinski definition) is 4. The van der Waals surface area contributed by atoms with E-state index in [2.05, 4.69) is 15.3 Å². The average Bonchev–Trinajstić information content (AvgIpc) is 2.80. The molecule has 7 nitrogen and oxygen atoms in total. The van der Waals surface area contributed by atoms with E-state index in [9.17, 15) is 9.59 Å². The summed E-state index contributed by atoms with van der Waals surface area (Å²) in [7, 11) is 0. The first-order valence-corrected chi connectivity index (χ1v) is 6.15. The van der Waals surface area contributed by atoms with Crippen LogP contribution < -0.4 is 11.1 Å². The van der Waals surface area contributed by atoms with E-state index < -0.39 is 12.0 Å². The molecular weight excluding hydrogens is 248 g/mol. The molecule has 2 atom stereocenters. The number of rotatable bonds is 7. The molecule has 0 aliphatic rings. The van der Waals surface area contributed by atoms with Gasteiger partial charge in [-0.1, -0.05) is 13.8 Å². The molecule has 0 saturated heterocycles. The third kappa shape index (κ3) is 5.09. The molecular formula is C12H20N4O3. The highest BCUT2D eigenvalue weighted by molar-refractivity contribution is 5.84. The Bertz CT molecular complexity index is 417. The minimum Gasteiger partial charge on any atom is -0.480 e.